The lowest BCUT2D eigenvalue weighted by atomic mass is 10.0. The smallest absolute Gasteiger partial charge is 0.272 e. The van der Waals surface area contributed by atoms with Crippen molar-refractivity contribution in [3.8, 4) is 0 Å². The van der Waals surface area contributed by atoms with Crippen LogP contribution in [-0.4, -0.2) is 28.9 Å². The molecule has 2 heterocycles. The van der Waals surface area contributed by atoms with Crippen molar-refractivity contribution in [2.75, 3.05) is 10.0 Å². The average molecular weight is 504 g/mol. The van der Waals surface area contributed by atoms with Gasteiger partial charge in [-0.05, 0) is 73.4 Å². The van der Waals surface area contributed by atoms with Crippen molar-refractivity contribution in [2.45, 2.75) is 45.1 Å². The fourth-order valence-corrected chi connectivity index (χ4v) is 5.05. The first-order chi connectivity index (χ1) is 17.1. The Morgan fingerprint density at radius 1 is 1.11 bits per heavy atom. The molecular formula is C27H29N5O3S. The van der Waals surface area contributed by atoms with Crippen LogP contribution in [0, 0.1) is 13.8 Å². The van der Waals surface area contributed by atoms with Gasteiger partial charge in [-0.1, -0.05) is 26.0 Å². The lowest BCUT2D eigenvalue weighted by Gasteiger charge is -2.11. The number of fused-ring (bicyclic) bond motifs is 1. The topological polar surface area (TPSA) is 106 Å². The molecule has 0 unspecified atom stereocenters. The third-order valence-electron chi connectivity index (χ3n) is 5.98. The van der Waals surface area contributed by atoms with Crippen LogP contribution in [0.2, 0.25) is 0 Å². The first-order valence-corrected chi connectivity index (χ1v) is 13.1. The van der Waals surface area contributed by atoms with Crippen LogP contribution >= 0.6 is 0 Å². The minimum Gasteiger partial charge on any atom is -0.332 e. The molecule has 0 aliphatic carbocycles. The predicted octanol–water partition coefficient (Wildman–Crippen LogP) is 5.41. The number of benzene rings is 2. The lowest BCUT2D eigenvalue weighted by molar-refractivity contribution is 0.101. The number of nitrogens with one attached hydrogen (secondary N) is 2. The third kappa shape index (κ3) is 5.01. The summed E-state index contributed by atoms with van der Waals surface area (Å²) in [5.41, 5.74) is 4.71. The van der Waals surface area contributed by atoms with Gasteiger partial charge in [0.2, 0.25) is 5.95 Å². The first-order valence-electron chi connectivity index (χ1n) is 11.6. The zero-order valence-corrected chi connectivity index (χ0v) is 21.6. The molecule has 2 aromatic carbocycles. The van der Waals surface area contributed by atoms with Gasteiger partial charge in [-0.2, -0.15) is 0 Å². The highest BCUT2D eigenvalue weighted by atomic mass is 32.2. The second kappa shape index (κ2) is 9.94. The molecule has 0 saturated carbocycles. The predicted molar refractivity (Wildman–Crippen MR) is 143 cm³/mol. The van der Waals surface area contributed by atoms with Gasteiger partial charge in [0.25, 0.3) is 15.9 Å². The van der Waals surface area contributed by atoms with E-state index in [9.17, 15) is 13.2 Å². The molecule has 4 aromatic rings. The van der Waals surface area contributed by atoms with Gasteiger partial charge in [0.1, 0.15) is 5.69 Å². The van der Waals surface area contributed by atoms with Gasteiger partial charge < -0.3 is 9.88 Å². The second-order valence-electron chi connectivity index (χ2n) is 8.91. The highest BCUT2D eigenvalue weighted by molar-refractivity contribution is 7.92. The summed E-state index contributed by atoms with van der Waals surface area (Å²) >= 11 is 0. The van der Waals surface area contributed by atoms with Crippen molar-refractivity contribution in [1.82, 2.24) is 14.5 Å². The van der Waals surface area contributed by atoms with Crippen LogP contribution in [0.25, 0.3) is 10.9 Å². The maximum Gasteiger partial charge on any atom is 0.272 e. The van der Waals surface area contributed by atoms with Crippen LogP contribution in [0.15, 0.2) is 72.3 Å². The zero-order chi connectivity index (χ0) is 26.0. The number of nitrogens with zero attached hydrogens (tertiary/aromatic N) is 3. The van der Waals surface area contributed by atoms with E-state index >= 15 is 0 Å². The molecule has 0 aliphatic heterocycles. The summed E-state index contributed by atoms with van der Waals surface area (Å²) in [6.07, 6.45) is 3.24. The molecule has 2 aromatic heterocycles. The number of anilines is 2. The van der Waals surface area contributed by atoms with E-state index in [1.807, 2.05) is 17.6 Å². The number of carbonyl (C=O) groups is 1. The molecule has 0 bridgehead atoms. The Bertz CT molecular complexity index is 1550. The number of rotatable bonds is 8. The Balaban J connectivity index is 1.60. The highest BCUT2D eigenvalue weighted by Crippen LogP contribution is 2.30. The Kier molecular flexibility index (Phi) is 6.94. The molecule has 0 atom stereocenters. The van der Waals surface area contributed by atoms with E-state index in [0.29, 0.717) is 29.5 Å². The standard InChI is InChI=1S/C27H29N5O3S/c1-6-15-32-24-12-7-20(17(2)3)16-23(24)19(5)25(32)26(33)30-21-8-10-22(11-9-21)36(34,35)31-27-28-14-13-18(4)29-27/h6-14,16-17H,1,15H2,2-5H3,(H,30,33)(H,28,29,31). The van der Waals surface area contributed by atoms with Crippen LogP contribution in [0.5, 0.6) is 0 Å². The van der Waals surface area contributed by atoms with Crippen LogP contribution in [0.3, 0.4) is 0 Å². The van der Waals surface area contributed by atoms with E-state index in [4.69, 9.17) is 0 Å². The minimum atomic E-state index is -3.88. The number of hydrogen-bond donors (Lipinski definition) is 2. The molecule has 0 fully saturated rings. The second-order valence-corrected chi connectivity index (χ2v) is 10.6. The summed E-state index contributed by atoms with van der Waals surface area (Å²) in [7, 11) is -3.88. The molecule has 2 N–H and O–H groups in total. The van der Waals surface area contributed by atoms with Crippen molar-refractivity contribution in [3.05, 3.63) is 89.9 Å². The number of aromatic nitrogens is 3. The van der Waals surface area contributed by atoms with E-state index < -0.39 is 10.0 Å². The lowest BCUT2D eigenvalue weighted by Crippen LogP contribution is -2.18. The molecular weight excluding hydrogens is 474 g/mol. The summed E-state index contributed by atoms with van der Waals surface area (Å²) in [6.45, 7) is 12.3. The minimum absolute atomic E-state index is 0.00137. The molecule has 0 spiro atoms. The van der Waals surface area contributed by atoms with Crippen molar-refractivity contribution in [3.63, 3.8) is 0 Å². The van der Waals surface area contributed by atoms with E-state index in [2.05, 4.69) is 52.6 Å². The van der Waals surface area contributed by atoms with Crippen LogP contribution in [0.1, 0.15) is 47.1 Å². The van der Waals surface area contributed by atoms with Gasteiger partial charge in [-0.25, -0.2) is 23.1 Å². The number of allylic oxidation sites excluding steroid dienone is 1. The van der Waals surface area contributed by atoms with Crippen molar-refractivity contribution in [2.24, 2.45) is 0 Å². The van der Waals surface area contributed by atoms with E-state index in [0.717, 1.165) is 16.5 Å². The molecule has 0 saturated heterocycles. The van der Waals surface area contributed by atoms with Gasteiger partial charge in [0.05, 0.1) is 4.90 Å². The van der Waals surface area contributed by atoms with Crippen LogP contribution in [-0.2, 0) is 16.6 Å². The Hall–Kier alpha value is -3.98. The van der Waals surface area contributed by atoms with Gasteiger partial charge in [-0.15, -0.1) is 6.58 Å². The van der Waals surface area contributed by atoms with Crippen LogP contribution < -0.4 is 10.0 Å². The molecule has 0 radical (unpaired) electrons. The summed E-state index contributed by atoms with van der Waals surface area (Å²) in [6, 6.07) is 13.9. The van der Waals surface area contributed by atoms with Crippen molar-refractivity contribution >= 4 is 38.5 Å². The monoisotopic (exact) mass is 503 g/mol. The quantitative estimate of drug-likeness (QED) is 0.313. The number of aryl methyl sites for hydroxylation is 2. The SMILES string of the molecule is C=CCn1c(C(=O)Nc2ccc(S(=O)(=O)Nc3nccc(C)n3)cc2)c(C)c2cc(C(C)C)ccc21. The van der Waals surface area contributed by atoms with Gasteiger partial charge in [-0.3, -0.25) is 4.79 Å². The molecule has 8 nitrogen and oxygen atoms in total. The fourth-order valence-electron chi connectivity index (χ4n) is 4.10. The highest BCUT2D eigenvalue weighted by Gasteiger charge is 2.21. The molecule has 186 valence electrons. The fraction of sp³-hybridized carbons (Fsp3) is 0.222. The van der Waals surface area contributed by atoms with Crippen molar-refractivity contribution in [1.29, 1.82) is 0 Å². The number of carbonyl (C=O) groups excluding carboxylic acids is 1. The van der Waals surface area contributed by atoms with Gasteiger partial charge in [0.15, 0.2) is 0 Å². The summed E-state index contributed by atoms with van der Waals surface area (Å²) < 4.78 is 29.7. The third-order valence-corrected chi connectivity index (χ3v) is 7.32. The molecule has 4 rings (SSSR count). The largest absolute Gasteiger partial charge is 0.332 e. The number of sulfonamides is 1. The maximum absolute atomic E-state index is 13.4. The number of hydrogen-bond acceptors (Lipinski definition) is 5. The summed E-state index contributed by atoms with van der Waals surface area (Å²) in [5, 5.41) is 3.92. The van der Waals surface area contributed by atoms with Crippen molar-refractivity contribution < 1.29 is 13.2 Å². The number of amides is 1. The van der Waals surface area contributed by atoms with Gasteiger partial charge in [0, 0.05) is 35.0 Å². The summed E-state index contributed by atoms with van der Waals surface area (Å²) in [5.74, 6) is 0.0904. The van der Waals surface area contributed by atoms with E-state index in [1.165, 1.54) is 23.9 Å². The Morgan fingerprint density at radius 2 is 1.83 bits per heavy atom. The molecule has 1 amide bonds. The van der Waals surface area contributed by atoms with Crippen LogP contribution in [0.4, 0.5) is 11.6 Å². The first kappa shape index (κ1) is 25.1. The normalized spacial score (nSPS) is 11.6. The zero-order valence-electron chi connectivity index (χ0n) is 20.7. The molecule has 9 heteroatoms. The summed E-state index contributed by atoms with van der Waals surface area (Å²) in [4.78, 5) is 21.4. The Morgan fingerprint density at radius 3 is 2.47 bits per heavy atom. The van der Waals surface area contributed by atoms with E-state index in [-0.39, 0.29) is 16.8 Å². The van der Waals surface area contributed by atoms with Gasteiger partial charge >= 0.3 is 0 Å². The van der Waals surface area contributed by atoms with E-state index in [1.54, 1.807) is 31.2 Å². The molecule has 36 heavy (non-hydrogen) atoms. The Labute approximate surface area is 211 Å². The molecule has 0 aliphatic rings. The average Bonchev–Trinajstić information content (AvgIpc) is 3.10. The maximum atomic E-state index is 13.4.